The lowest BCUT2D eigenvalue weighted by Crippen LogP contribution is -2.40. The molecule has 0 amide bonds. The maximum absolute atomic E-state index is 10.7. The van der Waals surface area contributed by atoms with Gasteiger partial charge in [0.2, 0.25) is 0 Å². The highest BCUT2D eigenvalue weighted by Gasteiger charge is 2.36. The first-order valence-corrected chi connectivity index (χ1v) is 6.59. The Hall–Kier alpha value is -1.55. The van der Waals surface area contributed by atoms with Crippen LogP contribution in [-0.4, -0.2) is 24.0 Å². The first-order chi connectivity index (χ1) is 9.00. The van der Waals surface area contributed by atoms with Crippen LogP contribution >= 0.6 is 0 Å². The van der Waals surface area contributed by atoms with Crippen LogP contribution in [-0.2, 0) is 15.1 Å². The van der Waals surface area contributed by atoms with Gasteiger partial charge in [0.05, 0.1) is 0 Å². The van der Waals surface area contributed by atoms with Crippen LogP contribution in [0.2, 0.25) is 0 Å². The van der Waals surface area contributed by atoms with Gasteiger partial charge in [-0.25, -0.2) is 4.79 Å². The minimum absolute atomic E-state index is 0.579. The zero-order chi connectivity index (χ0) is 14.3. The van der Waals surface area contributed by atoms with Crippen LogP contribution in [0.1, 0.15) is 39.2 Å². The third-order valence-corrected chi connectivity index (χ3v) is 3.30. The normalized spacial score (nSPS) is 15.5. The number of rotatable bonds is 7. The molecular formula is C15H22O4. The fourth-order valence-electron chi connectivity index (χ4n) is 1.90. The van der Waals surface area contributed by atoms with E-state index >= 15 is 0 Å². The molecule has 106 valence electrons. The highest BCUT2D eigenvalue weighted by molar-refractivity contribution is 5.57. The molecule has 4 nitrogen and oxygen atoms in total. The fourth-order valence-corrected chi connectivity index (χ4v) is 1.90. The summed E-state index contributed by atoms with van der Waals surface area (Å²) in [5.41, 5.74) is 0.148. The van der Waals surface area contributed by atoms with Crippen molar-refractivity contribution in [3.63, 3.8) is 0 Å². The molecule has 1 aromatic carbocycles. The summed E-state index contributed by atoms with van der Waals surface area (Å²) in [6, 6.07) is 9.58. The van der Waals surface area contributed by atoms with E-state index in [2.05, 4.69) is 6.92 Å². The minimum atomic E-state index is -1.28. The van der Waals surface area contributed by atoms with Gasteiger partial charge in [-0.2, -0.15) is 0 Å². The molecule has 2 unspecified atom stereocenters. The van der Waals surface area contributed by atoms with E-state index in [0.717, 1.165) is 18.4 Å². The van der Waals surface area contributed by atoms with Crippen molar-refractivity contribution < 1.29 is 19.4 Å². The maximum atomic E-state index is 10.7. The van der Waals surface area contributed by atoms with Crippen LogP contribution in [0, 0.1) is 0 Å². The van der Waals surface area contributed by atoms with Crippen molar-refractivity contribution in [1.29, 1.82) is 0 Å². The number of hydrogen-bond acceptors (Lipinski definition) is 3. The van der Waals surface area contributed by atoms with E-state index in [1.54, 1.807) is 6.92 Å². The Morgan fingerprint density at radius 3 is 2.53 bits per heavy atom. The standard InChI is InChI=1S/C15H22O4/c1-4-5-11-18-15(3,12(2)19-14(16)17)13-9-7-6-8-10-13/h6-10,12H,4-5,11H2,1-3H3,(H,16,17). The van der Waals surface area contributed by atoms with Gasteiger partial charge in [0.1, 0.15) is 11.7 Å². The number of ether oxygens (including phenoxy) is 2. The molecule has 0 spiro atoms. The molecule has 0 fully saturated rings. The van der Waals surface area contributed by atoms with Crippen LogP contribution in [0.25, 0.3) is 0 Å². The Morgan fingerprint density at radius 2 is 2.00 bits per heavy atom. The molecule has 0 aliphatic rings. The van der Waals surface area contributed by atoms with Gasteiger partial charge in [-0.1, -0.05) is 43.7 Å². The summed E-state index contributed by atoms with van der Waals surface area (Å²) >= 11 is 0. The van der Waals surface area contributed by atoms with E-state index in [-0.39, 0.29) is 0 Å². The minimum Gasteiger partial charge on any atom is -0.450 e. The number of carbonyl (C=O) groups is 1. The molecule has 0 aliphatic heterocycles. The lowest BCUT2D eigenvalue weighted by Gasteiger charge is -2.35. The summed E-state index contributed by atoms with van der Waals surface area (Å²) in [6.07, 6.45) is 0.0966. The second-order valence-corrected chi connectivity index (χ2v) is 4.70. The number of unbranched alkanes of at least 4 members (excludes halogenated alkanes) is 1. The molecule has 0 saturated carbocycles. The van der Waals surface area contributed by atoms with E-state index in [0.29, 0.717) is 6.61 Å². The SMILES string of the molecule is CCCCOC(C)(c1ccccc1)C(C)OC(=O)O. The zero-order valence-electron chi connectivity index (χ0n) is 11.8. The molecule has 1 N–H and O–H groups in total. The summed E-state index contributed by atoms with van der Waals surface area (Å²) in [4.78, 5) is 10.7. The average molecular weight is 266 g/mol. The fraction of sp³-hybridized carbons (Fsp3) is 0.533. The lowest BCUT2D eigenvalue weighted by molar-refractivity contribution is -0.121. The molecule has 0 radical (unpaired) electrons. The monoisotopic (exact) mass is 266 g/mol. The Kier molecular flexibility index (Phi) is 5.83. The van der Waals surface area contributed by atoms with Crippen molar-refractivity contribution in [3.8, 4) is 0 Å². The highest BCUT2D eigenvalue weighted by Crippen LogP contribution is 2.31. The first-order valence-electron chi connectivity index (χ1n) is 6.59. The van der Waals surface area contributed by atoms with E-state index < -0.39 is 17.9 Å². The summed E-state index contributed by atoms with van der Waals surface area (Å²) in [7, 11) is 0. The molecule has 0 aliphatic carbocycles. The van der Waals surface area contributed by atoms with Crippen molar-refractivity contribution in [1.82, 2.24) is 0 Å². The van der Waals surface area contributed by atoms with Crippen molar-refractivity contribution in [3.05, 3.63) is 35.9 Å². The molecule has 1 rings (SSSR count). The van der Waals surface area contributed by atoms with Gasteiger partial charge in [0.15, 0.2) is 0 Å². The summed E-state index contributed by atoms with van der Waals surface area (Å²) in [5, 5.41) is 8.79. The van der Waals surface area contributed by atoms with E-state index in [4.69, 9.17) is 14.6 Å². The smallest absolute Gasteiger partial charge is 0.450 e. The quantitative estimate of drug-likeness (QED) is 0.602. The summed E-state index contributed by atoms with van der Waals surface area (Å²) < 4.78 is 10.8. The molecule has 0 saturated heterocycles. The van der Waals surface area contributed by atoms with Crippen LogP contribution in [0.15, 0.2) is 30.3 Å². The van der Waals surface area contributed by atoms with Crippen molar-refractivity contribution in [2.45, 2.75) is 45.3 Å². The molecule has 19 heavy (non-hydrogen) atoms. The Morgan fingerprint density at radius 1 is 1.37 bits per heavy atom. The molecule has 2 atom stereocenters. The van der Waals surface area contributed by atoms with E-state index in [9.17, 15) is 4.79 Å². The Balaban J connectivity index is 2.92. The van der Waals surface area contributed by atoms with Crippen LogP contribution in [0.5, 0.6) is 0 Å². The van der Waals surface area contributed by atoms with Gasteiger partial charge in [-0.15, -0.1) is 0 Å². The van der Waals surface area contributed by atoms with Crippen molar-refractivity contribution in [2.75, 3.05) is 6.61 Å². The highest BCUT2D eigenvalue weighted by atomic mass is 16.7. The Bertz CT molecular complexity index is 390. The van der Waals surface area contributed by atoms with Gasteiger partial charge in [-0.3, -0.25) is 0 Å². The third-order valence-electron chi connectivity index (χ3n) is 3.30. The van der Waals surface area contributed by atoms with Crippen LogP contribution < -0.4 is 0 Å². The molecule has 0 bridgehead atoms. The number of hydrogen-bond donors (Lipinski definition) is 1. The lowest BCUT2D eigenvalue weighted by atomic mass is 9.90. The van der Waals surface area contributed by atoms with Crippen molar-refractivity contribution >= 4 is 6.16 Å². The largest absolute Gasteiger partial charge is 0.506 e. The molecular weight excluding hydrogens is 244 g/mol. The number of benzene rings is 1. The molecule has 4 heteroatoms. The number of carboxylic acid groups (broad SMARTS) is 1. The topological polar surface area (TPSA) is 55.8 Å². The van der Waals surface area contributed by atoms with Gasteiger partial charge in [-0.05, 0) is 25.8 Å². The average Bonchev–Trinajstić information content (AvgIpc) is 2.39. The second-order valence-electron chi connectivity index (χ2n) is 4.70. The summed E-state index contributed by atoms with van der Waals surface area (Å²) in [5.74, 6) is 0. The van der Waals surface area contributed by atoms with Crippen molar-refractivity contribution in [2.24, 2.45) is 0 Å². The Labute approximate surface area is 114 Å². The maximum Gasteiger partial charge on any atom is 0.506 e. The van der Waals surface area contributed by atoms with Gasteiger partial charge in [0, 0.05) is 6.61 Å². The predicted octanol–water partition coefficient (Wildman–Crippen LogP) is 3.80. The molecule has 0 heterocycles. The summed E-state index contributed by atoms with van der Waals surface area (Å²) in [6.45, 7) is 6.24. The van der Waals surface area contributed by atoms with Gasteiger partial charge in [0.25, 0.3) is 0 Å². The van der Waals surface area contributed by atoms with Gasteiger partial charge >= 0.3 is 6.16 Å². The zero-order valence-corrected chi connectivity index (χ0v) is 11.8. The van der Waals surface area contributed by atoms with Gasteiger partial charge < -0.3 is 14.6 Å². The predicted molar refractivity (Wildman–Crippen MR) is 73.2 cm³/mol. The van der Waals surface area contributed by atoms with E-state index in [1.165, 1.54) is 0 Å². The molecule has 0 aromatic heterocycles. The third kappa shape index (κ3) is 4.24. The molecule has 1 aromatic rings. The second kappa shape index (κ2) is 7.14. The van der Waals surface area contributed by atoms with Crippen LogP contribution in [0.4, 0.5) is 4.79 Å². The first kappa shape index (κ1) is 15.5. The van der Waals surface area contributed by atoms with Crippen LogP contribution in [0.3, 0.4) is 0 Å². The van der Waals surface area contributed by atoms with E-state index in [1.807, 2.05) is 37.3 Å².